The molecule has 3 saturated heterocycles. The molecule has 3 nitrogen and oxygen atoms in total. The molecule has 32 heavy (non-hydrogen) atoms. The van der Waals surface area contributed by atoms with E-state index in [1.807, 2.05) is 0 Å². The van der Waals surface area contributed by atoms with E-state index in [0.29, 0.717) is 18.7 Å². The van der Waals surface area contributed by atoms with Crippen LogP contribution in [0.5, 0.6) is 0 Å². The van der Waals surface area contributed by atoms with Crippen LogP contribution < -0.4 is 0 Å². The van der Waals surface area contributed by atoms with Gasteiger partial charge in [0.15, 0.2) is 0 Å². The molecule has 3 aliphatic rings. The van der Waals surface area contributed by atoms with Crippen LogP contribution in [0.1, 0.15) is 29.5 Å². The second-order valence-electron chi connectivity index (χ2n) is 9.28. The molecule has 0 N–H and O–H groups in total. The van der Waals surface area contributed by atoms with Gasteiger partial charge in [0.25, 0.3) is 0 Å². The van der Waals surface area contributed by atoms with Crippen LogP contribution in [0.25, 0.3) is 0 Å². The average Bonchev–Trinajstić information content (AvgIpc) is 3.12. The van der Waals surface area contributed by atoms with E-state index in [9.17, 15) is 0 Å². The molecule has 166 valence electrons. The molecule has 3 aromatic carbocycles. The van der Waals surface area contributed by atoms with Crippen molar-refractivity contribution in [2.75, 3.05) is 19.6 Å². The molecule has 3 aromatic rings. The minimum atomic E-state index is 0.289. The monoisotopic (exact) mass is 426 g/mol. The minimum absolute atomic E-state index is 0.289. The lowest BCUT2D eigenvalue weighted by Gasteiger charge is -2.45. The van der Waals surface area contributed by atoms with Crippen molar-refractivity contribution in [3.8, 4) is 0 Å². The summed E-state index contributed by atoms with van der Waals surface area (Å²) >= 11 is 0. The Morgan fingerprint density at radius 2 is 1.28 bits per heavy atom. The highest BCUT2D eigenvalue weighted by Gasteiger charge is 2.41. The summed E-state index contributed by atoms with van der Waals surface area (Å²) < 4.78 is 6.59. The largest absolute Gasteiger partial charge is 0.372 e. The van der Waals surface area contributed by atoms with Gasteiger partial charge in [0, 0.05) is 38.3 Å². The number of hydrogen-bond acceptors (Lipinski definition) is 3. The van der Waals surface area contributed by atoms with Gasteiger partial charge in [-0.25, -0.2) is 0 Å². The van der Waals surface area contributed by atoms with Gasteiger partial charge in [-0.1, -0.05) is 91.0 Å². The fourth-order valence-corrected chi connectivity index (χ4v) is 5.36. The maximum absolute atomic E-state index is 6.59. The van der Waals surface area contributed by atoms with Crippen LogP contribution in [-0.2, 0) is 24.3 Å². The first-order chi connectivity index (χ1) is 15.8. The molecule has 3 heteroatoms. The van der Waals surface area contributed by atoms with Crippen LogP contribution in [0.15, 0.2) is 91.0 Å². The molecule has 3 aliphatic heterocycles. The predicted octanol–water partition coefficient (Wildman–Crippen LogP) is 5.16. The lowest BCUT2D eigenvalue weighted by atomic mass is 10.0. The smallest absolute Gasteiger partial charge is 0.0747 e. The highest BCUT2D eigenvalue weighted by molar-refractivity contribution is 5.17. The van der Waals surface area contributed by atoms with E-state index in [1.54, 1.807) is 0 Å². The van der Waals surface area contributed by atoms with E-state index >= 15 is 0 Å². The zero-order valence-corrected chi connectivity index (χ0v) is 18.9. The molecule has 3 unspecified atom stereocenters. The van der Waals surface area contributed by atoms with Gasteiger partial charge in [0.1, 0.15) is 0 Å². The lowest BCUT2D eigenvalue weighted by molar-refractivity contribution is -0.0468. The second kappa shape index (κ2) is 10.4. The Morgan fingerprint density at radius 3 is 1.97 bits per heavy atom. The van der Waals surface area contributed by atoms with Crippen molar-refractivity contribution in [2.24, 2.45) is 0 Å². The van der Waals surface area contributed by atoms with Crippen LogP contribution in [0.4, 0.5) is 0 Å². The van der Waals surface area contributed by atoms with E-state index in [2.05, 4.69) is 101 Å². The fourth-order valence-electron chi connectivity index (χ4n) is 5.36. The molecule has 0 amide bonds. The van der Waals surface area contributed by atoms with Gasteiger partial charge < -0.3 is 4.74 Å². The Labute approximate surface area is 192 Å². The van der Waals surface area contributed by atoms with Crippen molar-refractivity contribution >= 4 is 0 Å². The van der Waals surface area contributed by atoms with Crippen molar-refractivity contribution in [3.63, 3.8) is 0 Å². The first kappa shape index (κ1) is 21.4. The second-order valence-corrected chi connectivity index (χ2v) is 9.28. The van der Waals surface area contributed by atoms with Crippen LogP contribution in [0.2, 0.25) is 0 Å². The number of rotatable bonds is 8. The molecule has 3 heterocycles. The fraction of sp³-hybridized carbons (Fsp3) is 0.379. The molecular weight excluding hydrogens is 392 g/mol. The van der Waals surface area contributed by atoms with E-state index in [1.165, 1.54) is 23.1 Å². The Morgan fingerprint density at radius 1 is 0.656 bits per heavy atom. The molecule has 6 rings (SSSR count). The summed E-state index contributed by atoms with van der Waals surface area (Å²) in [6.45, 7) is 5.09. The number of hydrogen-bond donors (Lipinski definition) is 0. The molecule has 0 spiro atoms. The molecule has 0 radical (unpaired) electrons. The summed E-state index contributed by atoms with van der Waals surface area (Å²) in [5.41, 5.74) is 4.11. The summed E-state index contributed by atoms with van der Waals surface area (Å²) in [5.74, 6) is 0. The number of nitrogens with zero attached hydrogens (tertiary/aromatic N) is 2. The van der Waals surface area contributed by atoms with Crippen molar-refractivity contribution in [3.05, 3.63) is 108 Å². The maximum Gasteiger partial charge on any atom is 0.0747 e. The SMILES string of the molecule is c1ccc(CCN2CC3CCC(OCc4ccccc4)C2CN3Cc2ccccc2)cc1. The average molecular weight is 427 g/mol. The maximum atomic E-state index is 6.59. The summed E-state index contributed by atoms with van der Waals surface area (Å²) in [5, 5.41) is 0. The van der Waals surface area contributed by atoms with Gasteiger partial charge in [0.05, 0.1) is 12.7 Å². The number of ether oxygens (including phenoxy) is 1. The summed E-state index contributed by atoms with van der Waals surface area (Å²) in [6, 6.07) is 33.5. The highest BCUT2D eigenvalue weighted by Crippen LogP contribution is 2.31. The van der Waals surface area contributed by atoms with Gasteiger partial charge in [-0.15, -0.1) is 0 Å². The quantitative estimate of drug-likeness (QED) is 0.495. The number of piperazine rings is 1. The van der Waals surface area contributed by atoms with E-state index in [0.717, 1.165) is 39.0 Å². The summed E-state index contributed by atoms with van der Waals surface area (Å²) in [4.78, 5) is 5.44. The van der Waals surface area contributed by atoms with Gasteiger partial charge >= 0.3 is 0 Å². The molecule has 0 aromatic heterocycles. The van der Waals surface area contributed by atoms with E-state index in [-0.39, 0.29) is 6.10 Å². The van der Waals surface area contributed by atoms with Crippen molar-refractivity contribution < 1.29 is 4.74 Å². The Bertz CT molecular complexity index is 901. The van der Waals surface area contributed by atoms with Crippen LogP contribution >= 0.6 is 0 Å². The molecule has 2 bridgehead atoms. The van der Waals surface area contributed by atoms with Gasteiger partial charge in [-0.2, -0.15) is 0 Å². The van der Waals surface area contributed by atoms with Crippen molar-refractivity contribution in [2.45, 2.75) is 50.6 Å². The Hall–Kier alpha value is -2.46. The van der Waals surface area contributed by atoms with E-state index < -0.39 is 0 Å². The van der Waals surface area contributed by atoms with Crippen molar-refractivity contribution in [1.82, 2.24) is 9.80 Å². The minimum Gasteiger partial charge on any atom is -0.372 e. The van der Waals surface area contributed by atoms with Crippen LogP contribution in [-0.4, -0.2) is 47.6 Å². The lowest BCUT2D eigenvalue weighted by Crippen LogP contribution is -2.59. The molecular formula is C29H34N2O. The van der Waals surface area contributed by atoms with Gasteiger partial charge in [0.2, 0.25) is 0 Å². The predicted molar refractivity (Wildman–Crippen MR) is 130 cm³/mol. The first-order valence-electron chi connectivity index (χ1n) is 12.1. The van der Waals surface area contributed by atoms with Crippen LogP contribution in [0.3, 0.4) is 0 Å². The zero-order valence-electron chi connectivity index (χ0n) is 18.9. The molecule has 0 aliphatic carbocycles. The molecule has 3 fully saturated rings. The molecule has 0 saturated carbocycles. The topological polar surface area (TPSA) is 15.7 Å². The van der Waals surface area contributed by atoms with Crippen LogP contribution in [0, 0.1) is 0 Å². The standard InChI is InChI=1S/C29H34N2O/c1-4-10-24(11-5-1)18-19-30-21-27-16-17-29(32-23-26-14-8-3-9-15-26)28(30)22-31(27)20-25-12-6-2-7-13-25/h1-15,27-29H,16-23H2. The first-order valence-corrected chi connectivity index (χ1v) is 12.1. The van der Waals surface area contributed by atoms with Gasteiger partial charge in [-0.3, -0.25) is 9.80 Å². The third-order valence-electron chi connectivity index (χ3n) is 7.13. The normalized spacial score (nSPS) is 23.8. The highest BCUT2D eigenvalue weighted by atomic mass is 16.5. The Kier molecular flexibility index (Phi) is 6.98. The number of fused-ring (bicyclic) bond motifs is 4. The summed E-state index contributed by atoms with van der Waals surface area (Å²) in [7, 11) is 0. The molecule has 3 atom stereocenters. The third-order valence-corrected chi connectivity index (χ3v) is 7.13. The summed E-state index contributed by atoms with van der Waals surface area (Å²) in [6.07, 6.45) is 3.76. The van der Waals surface area contributed by atoms with E-state index in [4.69, 9.17) is 4.74 Å². The van der Waals surface area contributed by atoms with Crippen molar-refractivity contribution in [1.29, 1.82) is 0 Å². The number of benzene rings is 3. The third kappa shape index (κ3) is 5.29. The Balaban J connectivity index is 1.30. The van der Waals surface area contributed by atoms with Gasteiger partial charge in [-0.05, 0) is 36.0 Å². The zero-order chi connectivity index (χ0) is 21.6.